The van der Waals surface area contributed by atoms with Crippen LogP contribution in [0.2, 0.25) is 0 Å². The van der Waals surface area contributed by atoms with Crippen molar-refractivity contribution in [1.29, 1.82) is 0 Å². The van der Waals surface area contributed by atoms with Gasteiger partial charge in [-0.15, -0.1) is 0 Å². The molecule has 0 spiro atoms. The first-order valence-electron chi connectivity index (χ1n) is 15.3. The predicted octanol–water partition coefficient (Wildman–Crippen LogP) is 2.07. The van der Waals surface area contributed by atoms with Crippen molar-refractivity contribution in [1.82, 2.24) is 15.4 Å². The van der Waals surface area contributed by atoms with Gasteiger partial charge in [-0.25, -0.2) is 17.9 Å². The van der Waals surface area contributed by atoms with Gasteiger partial charge in [0, 0.05) is 19.0 Å². The first-order valence-corrected chi connectivity index (χ1v) is 19.1. The standard InChI is InChI=1S/C31H45N4O9PS/c1-46(43,44)35-25(11-5-8-18-32)28(37)34-27(20-22-9-3-2-4-10-22)45(41,42)21-31(16-6-7-17-31)30(40)33-26(29(38)39)19-23-12-14-24(36)15-13-23/h2-4,9-10,12-15,25-27,35-36H,5-8,11,16-21,32H2,1H3,(H,33,40)(H,34,37)(H,38,39)(H,41,42)/t25-,26+,27?/m1/s1. The molecule has 46 heavy (non-hydrogen) atoms. The Balaban J connectivity index is 1.88. The summed E-state index contributed by atoms with van der Waals surface area (Å²) in [5.41, 5.74) is 5.40. The van der Waals surface area contributed by atoms with E-state index < -0.39 is 64.6 Å². The SMILES string of the molecule is CS(=O)(=O)N[C@H](CCCCN)C(=O)NC(Cc1ccccc1)P(=O)(O)CC1(C(=O)N[C@@H](Cc2ccc(O)cc2)C(=O)O)CCCC1. The number of hydrogen-bond donors (Lipinski definition) is 7. The number of unbranched alkanes of at least 4 members (excludes halogenated alkanes) is 1. The van der Waals surface area contributed by atoms with Crippen LogP contribution in [0.1, 0.15) is 56.1 Å². The zero-order valence-electron chi connectivity index (χ0n) is 25.9. The fourth-order valence-electron chi connectivity index (χ4n) is 5.82. The highest BCUT2D eigenvalue weighted by molar-refractivity contribution is 7.88. The van der Waals surface area contributed by atoms with Crippen molar-refractivity contribution in [3.8, 4) is 5.75 Å². The molecule has 0 aromatic heterocycles. The smallest absolute Gasteiger partial charge is 0.326 e. The minimum Gasteiger partial charge on any atom is -0.508 e. The first-order chi connectivity index (χ1) is 21.6. The van der Waals surface area contributed by atoms with E-state index in [1.165, 1.54) is 12.1 Å². The van der Waals surface area contributed by atoms with E-state index in [1.807, 2.05) is 0 Å². The Kier molecular flexibility index (Phi) is 13.3. The van der Waals surface area contributed by atoms with Crippen molar-refractivity contribution >= 4 is 35.2 Å². The van der Waals surface area contributed by atoms with Crippen LogP contribution in [0.4, 0.5) is 0 Å². The second kappa shape index (κ2) is 16.5. The van der Waals surface area contributed by atoms with Gasteiger partial charge in [0.1, 0.15) is 23.6 Å². The Morgan fingerprint density at radius 1 is 0.935 bits per heavy atom. The molecule has 2 unspecified atom stereocenters. The average Bonchev–Trinajstić information content (AvgIpc) is 3.46. The molecule has 1 aliphatic rings. The summed E-state index contributed by atoms with van der Waals surface area (Å²) >= 11 is 0. The number of carboxylic acids is 1. The molecule has 2 aromatic rings. The maximum absolute atomic E-state index is 14.3. The largest absolute Gasteiger partial charge is 0.508 e. The maximum Gasteiger partial charge on any atom is 0.326 e. The molecule has 0 aliphatic heterocycles. The van der Waals surface area contributed by atoms with E-state index in [-0.39, 0.29) is 37.9 Å². The Labute approximate surface area is 269 Å². The molecule has 1 aliphatic carbocycles. The van der Waals surface area contributed by atoms with Gasteiger partial charge in [0.25, 0.3) is 0 Å². The van der Waals surface area contributed by atoms with Gasteiger partial charge in [0.05, 0.1) is 11.7 Å². The van der Waals surface area contributed by atoms with E-state index in [0.717, 1.165) is 6.26 Å². The molecular formula is C31H45N4O9PS. The van der Waals surface area contributed by atoms with Gasteiger partial charge >= 0.3 is 5.97 Å². The number of aliphatic carboxylic acids is 1. The lowest BCUT2D eigenvalue weighted by atomic mass is 9.87. The Bertz CT molecular complexity index is 1480. The summed E-state index contributed by atoms with van der Waals surface area (Å²) in [4.78, 5) is 51.1. The van der Waals surface area contributed by atoms with Gasteiger partial charge in [-0.3, -0.25) is 14.2 Å². The molecule has 8 N–H and O–H groups in total. The average molecular weight is 681 g/mol. The molecule has 0 radical (unpaired) electrons. The van der Waals surface area contributed by atoms with Crippen molar-refractivity contribution in [3.63, 3.8) is 0 Å². The predicted molar refractivity (Wildman–Crippen MR) is 174 cm³/mol. The zero-order valence-corrected chi connectivity index (χ0v) is 27.6. The number of hydrogen-bond acceptors (Lipinski definition) is 8. The highest BCUT2D eigenvalue weighted by atomic mass is 32.2. The molecule has 0 saturated heterocycles. The van der Waals surface area contributed by atoms with Crippen LogP contribution >= 0.6 is 7.37 Å². The van der Waals surface area contributed by atoms with E-state index in [9.17, 15) is 42.5 Å². The monoisotopic (exact) mass is 680 g/mol. The molecule has 4 atom stereocenters. The van der Waals surface area contributed by atoms with Crippen LogP contribution in [-0.4, -0.2) is 78.1 Å². The fraction of sp³-hybridized carbons (Fsp3) is 0.516. The van der Waals surface area contributed by atoms with Crippen LogP contribution in [0.15, 0.2) is 54.6 Å². The van der Waals surface area contributed by atoms with Crippen molar-refractivity contribution < 1.29 is 42.5 Å². The van der Waals surface area contributed by atoms with E-state index in [2.05, 4.69) is 15.4 Å². The molecule has 2 aromatic carbocycles. The number of aromatic hydroxyl groups is 1. The molecule has 0 heterocycles. The van der Waals surface area contributed by atoms with E-state index in [1.54, 1.807) is 42.5 Å². The molecule has 2 amide bonds. The number of phenolic OH excluding ortho intramolecular Hbond substituents is 1. The molecule has 13 nitrogen and oxygen atoms in total. The fourth-order valence-corrected chi connectivity index (χ4v) is 8.94. The summed E-state index contributed by atoms with van der Waals surface area (Å²) in [6.45, 7) is 0.345. The molecule has 1 saturated carbocycles. The van der Waals surface area contributed by atoms with Crippen molar-refractivity contribution in [2.24, 2.45) is 11.1 Å². The lowest BCUT2D eigenvalue weighted by molar-refractivity contribution is -0.143. The lowest BCUT2D eigenvalue weighted by Gasteiger charge is -2.34. The zero-order chi connectivity index (χ0) is 34.0. The minimum absolute atomic E-state index is 0.00870. The molecule has 0 bridgehead atoms. The van der Waals surface area contributed by atoms with Gasteiger partial charge in [0.15, 0.2) is 0 Å². The van der Waals surface area contributed by atoms with Crippen LogP contribution in [0, 0.1) is 5.41 Å². The van der Waals surface area contributed by atoms with Gasteiger partial charge in [0.2, 0.25) is 29.2 Å². The number of nitrogens with two attached hydrogens (primary N) is 1. The van der Waals surface area contributed by atoms with E-state index in [4.69, 9.17) is 5.73 Å². The number of amides is 2. The van der Waals surface area contributed by atoms with Gasteiger partial charge in [-0.05, 0) is 55.5 Å². The summed E-state index contributed by atoms with van der Waals surface area (Å²) < 4.78 is 40.7. The third-order valence-electron chi connectivity index (χ3n) is 8.24. The summed E-state index contributed by atoms with van der Waals surface area (Å²) in [7, 11) is -8.22. The van der Waals surface area contributed by atoms with Gasteiger partial charge < -0.3 is 31.5 Å². The van der Waals surface area contributed by atoms with Gasteiger partial charge in [-0.1, -0.05) is 61.7 Å². The van der Waals surface area contributed by atoms with Crippen molar-refractivity contribution in [3.05, 3.63) is 65.7 Å². The summed E-state index contributed by atoms with van der Waals surface area (Å²) in [5, 5.41) is 24.6. The normalized spacial score (nSPS) is 17.7. The summed E-state index contributed by atoms with van der Waals surface area (Å²) in [5.74, 6) is -4.07. The third-order valence-corrected chi connectivity index (χ3v) is 11.3. The topological polar surface area (TPSA) is 225 Å². The Hall–Kier alpha value is -3.29. The van der Waals surface area contributed by atoms with Crippen LogP contribution < -0.4 is 21.1 Å². The summed E-state index contributed by atoms with van der Waals surface area (Å²) in [6, 6.07) is 12.1. The number of carbonyl (C=O) groups excluding carboxylic acids is 2. The Morgan fingerprint density at radius 3 is 2.11 bits per heavy atom. The minimum atomic E-state index is -4.42. The first kappa shape index (κ1) is 37.2. The molecule has 3 rings (SSSR count). The summed E-state index contributed by atoms with van der Waals surface area (Å²) in [6.07, 6.45) is 3.05. The lowest BCUT2D eigenvalue weighted by Crippen LogP contribution is -2.52. The van der Waals surface area contributed by atoms with Crippen LogP contribution in [0.25, 0.3) is 0 Å². The number of sulfonamides is 1. The molecular weight excluding hydrogens is 635 g/mol. The number of nitrogens with one attached hydrogen (secondary N) is 3. The quantitative estimate of drug-likeness (QED) is 0.0896. The number of carbonyl (C=O) groups is 3. The van der Waals surface area contributed by atoms with Crippen LogP contribution in [-0.2, 0) is 41.8 Å². The Morgan fingerprint density at radius 2 is 1.54 bits per heavy atom. The van der Waals surface area contributed by atoms with E-state index >= 15 is 0 Å². The van der Waals surface area contributed by atoms with Crippen LogP contribution in [0.5, 0.6) is 5.75 Å². The number of rotatable bonds is 18. The maximum atomic E-state index is 14.3. The van der Waals surface area contributed by atoms with Crippen molar-refractivity contribution in [2.45, 2.75) is 75.7 Å². The molecule has 254 valence electrons. The molecule has 1 fully saturated rings. The molecule has 15 heteroatoms. The number of benzene rings is 2. The number of carboxylic acid groups (broad SMARTS) is 1. The second-order valence-electron chi connectivity index (χ2n) is 12.1. The highest BCUT2D eigenvalue weighted by Crippen LogP contribution is 2.55. The van der Waals surface area contributed by atoms with E-state index in [0.29, 0.717) is 43.4 Å². The third kappa shape index (κ3) is 11.2. The second-order valence-corrected chi connectivity index (χ2v) is 16.3. The highest BCUT2D eigenvalue weighted by Gasteiger charge is 2.49. The van der Waals surface area contributed by atoms with Crippen molar-refractivity contribution in [2.75, 3.05) is 19.0 Å². The van der Waals surface area contributed by atoms with Gasteiger partial charge in [-0.2, -0.15) is 0 Å². The number of phenols is 1. The van der Waals surface area contributed by atoms with Crippen LogP contribution in [0.3, 0.4) is 0 Å².